The molecule has 2 unspecified atom stereocenters. The summed E-state index contributed by atoms with van der Waals surface area (Å²) < 4.78 is 34.9. The minimum absolute atomic E-state index is 0.153. The highest BCUT2D eigenvalue weighted by molar-refractivity contribution is 5.43. The second-order valence-corrected chi connectivity index (χ2v) is 15.7. The largest absolute Gasteiger partial charge is 0.491 e. The maximum absolute atomic E-state index is 10.9. The van der Waals surface area contributed by atoms with Gasteiger partial charge in [0.05, 0.1) is 12.7 Å². The molecule has 0 saturated carbocycles. The third-order valence-electron chi connectivity index (χ3n) is 9.87. The monoisotopic (exact) mass is 696 g/mol. The molecule has 1 N–H and O–H groups in total. The van der Waals surface area contributed by atoms with Crippen LogP contribution in [0.25, 0.3) is 0 Å². The molecule has 1 heterocycles. The minimum atomic E-state index is -0.702. The average molecular weight is 697 g/mol. The lowest BCUT2D eigenvalue weighted by molar-refractivity contribution is 0.0174. The van der Waals surface area contributed by atoms with Crippen LogP contribution in [-0.4, -0.2) is 55.1 Å². The molecule has 0 bridgehead atoms. The lowest BCUT2D eigenvalue weighted by atomic mass is 9.78. The first kappa shape index (κ1) is 38.2. The van der Waals surface area contributed by atoms with Crippen molar-refractivity contribution in [2.75, 3.05) is 26.6 Å². The molecular weight excluding hydrogens is 640 g/mol. The van der Waals surface area contributed by atoms with Crippen LogP contribution in [0.2, 0.25) is 0 Å². The van der Waals surface area contributed by atoms with Crippen molar-refractivity contribution in [1.29, 1.82) is 0 Å². The maximum Gasteiger partial charge on any atom is 0.189 e. The Morgan fingerprint density at radius 3 is 1.41 bits per heavy atom. The van der Waals surface area contributed by atoms with Crippen molar-refractivity contribution in [3.8, 4) is 23.0 Å². The van der Waals surface area contributed by atoms with Gasteiger partial charge in [-0.05, 0) is 105 Å². The zero-order valence-electron chi connectivity index (χ0n) is 31.8. The molecule has 0 amide bonds. The van der Waals surface area contributed by atoms with Gasteiger partial charge in [-0.15, -0.1) is 0 Å². The van der Waals surface area contributed by atoms with Crippen molar-refractivity contribution in [3.05, 3.63) is 119 Å². The van der Waals surface area contributed by atoms with E-state index in [0.717, 1.165) is 23.9 Å². The molecule has 7 nitrogen and oxygen atoms in total. The van der Waals surface area contributed by atoms with Gasteiger partial charge in [0.1, 0.15) is 46.9 Å². The number of aliphatic hydroxyl groups is 1. The Morgan fingerprint density at radius 2 is 1.00 bits per heavy atom. The van der Waals surface area contributed by atoms with Crippen molar-refractivity contribution in [2.45, 2.75) is 103 Å². The number of benzene rings is 4. The van der Waals surface area contributed by atoms with Crippen molar-refractivity contribution in [2.24, 2.45) is 0 Å². The van der Waals surface area contributed by atoms with E-state index in [4.69, 9.17) is 28.4 Å². The zero-order chi connectivity index (χ0) is 36.9. The summed E-state index contributed by atoms with van der Waals surface area (Å²) in [5.74, 6) is 3.09. The fourth-order valence-corrected chi connectivity index (χ4v) is 6.34. The summed E-state index contributed by atoms with van der Waals surface area (Å²) >= 11 is 0. The SMILES string of the molecule is CCOCOc1ccc(C(C)(C)c2ccc(OC(C)(C)CC(O)COc3ccc(C(C)(C)c4ccc(OC(C)(C)C5CO5)cc4)cc3)cc2)cc1. The van der Waals surface area contributed by atoms with Crippen LogP contribution in [-0.2, 0) is 20.3 Å². The lowest BCUT2D eigenvalue weighted by Crippen LogP contribution is -2.35. The summed E-state index contributed by atoms with van der Waals surface area (Å²) in [6, 6.07) is 32.8. The van der Waals surface area contributed by atoms with E-state index in [1.165, 1.54) is 22.3 Å². The van der Waals surface area contributed by atoms with Gasteiger partial charge >= 0.3 is 0 Å². The highest BCUT2D eigenvalue weighted by Crippen LogP contribution is 2.36. The predicted molar refractivity (Wildman–Crippen MR) is 202 cm³/mol. The normalized spacial score (nSPS) is 15.6. The molecule has 1 aliphatic rings. The van der Waals surface area contributed by atoms with E-state index in [9.17, 15) is 5.11 Å². The van der Waals surface area contributed by atoms with Crippen LogP contribution in [0.4, 0.5) is 0 Å². The van der Waals surface area contributed by atoms with Crippen LogP contribution in [0.5, 0.6) is 23.0 Å². The number of ether oxygens (including phenoxy) is 6. The molecule has 4 aromatic carbocycles. The van der Waals surface area contributed by atoms with E-state index in [0.29, 0.717) is 18.8 Å². The Hall–Kier alpha value is -4.04. The van der Waals surface area contributed by atoms with Gasteiger partial charge in [-0.1, -0.05) is 76.2 Å². The molecule has 0 aliphatic carbocycles. The number of aliphatic hydroxyl groups excluding tert-OH is 1. The topological polar surface area (TPSA) is 78.9 Å². The Bertz CT molecular complexity index is 1670. The van der Waals surface area contributed by atoms with Crippen LogP contribution in [0.3, 0.4) is 0 Å². The van der Waals surface area contributed by atoms with Gasteiger partial charge in [0.25, 0.3) is 0 Å². The number of hydrogen-bond donors (Lipinski definition) is 1. The molecule has 2 atom stereocenters. The molecule has 0 aromatic heterocycles. The van der Waals surface area contributed by atoms with E-state index in [2.05, 4.69) is 90.1 Å². The fraction of sp³-hybridized carbons (Fsp3) is 0.455. The number of hydrogen-bond acceptors (Lipinski definition) is 7. The van der Waals surface area contributed by atoms with Gasteiger partial charge < -0.3 is 33.5 Å². The van der Waals surface area contributed by atoms with E-state index in [-0.39, 0.29) is 35.9 Å². The van der Waals surface area contributed by atoms with Gasteiger partial charge in [-0.3, -0.25) is 0 Å². The smallest absolute Gasteiger partial charge is 0.189 e. The third-order valence-corrected chi connectivity index (χ3v) is 9.87. The van der Waals surface area contributed by atoms with Crippen LogP contribution in [0.15, 0.2) is 97.1 Å². The van der Waals surface area contributed by atoms with Crippen LogP contribution < -0.4 is 18.9 Å². The summed E-state index contributed by atoms with van der Waals surface area (Å²) in [5.41, 5.74) is 3.34. The summed E-state index contributed by atoms with van der Waals surface area (Å²) in [6.45, 7) is 20.7. The first-order valence-electron chi connectivity index (χ1n) is 18.0. The Balaban J connectivity index is 1.10. The van der Waals surface area contributed by atoms with Gasteiger partial charge in [0.2, 0.25) is 0 Å². The third kappa shape index (κ3) is 10.1. The highest BCUT2D eigenvalue weighted by atomic mass is 16.7. The van der Waals surface area contributed by atoms with Crippen molar-refractivity contribution in [1.82, 2.24) is 0 Å². The van der Waals surface area contributed by atoms with E-state index in [1.807, 2.05) is 69.3 Å². The Labute approximate surface area is 304 Å². The molecule has 51 heavy (non-hydrogen) atoms. The molecule has 7 heteroatoms. The second kappa shape index (κ2) is 15.7. The number of rotatable bonds is 18. The van der Waals surface area contributed by atoms with Gasteiger partial charge in [0, 0.05) is 23.9 Å². The van der Waals surface area contributed by atoms with E-state index < -0.39 is 11.7 Å². The Kier molecular flexibility index (Phi) is 11.7. The first-order chi connectivity index (χ1) is 24.1. The van der Waals surface area contributed by atoms with Gasteiger partial charge in [-0.25, -0.2) is 0 Å². The standard InChI is InChI=1S/C44H56O7/c1-10-46-30-49-37-21-13-32(14-22-37)43(6,7)33-15-23-38(24-16-33)50-41(2,3)27-35(45)28-47-36-19-11-31(12-20-36)42(4,5)34-17-25-39(26-18-34)51-44(8,9)40-29-48-40/h11-26,35,40,45H,10,27-30H2,1-9H3. The minimum Gasteiger partial charge on any atom is -0.491 e. The summed E-state index contributed by atoms with van der Waals surface area (Å²) in [7, 11) is 0. The molecule has 0 radical (unpaired) electrons. The quantitative estimate of drug-likeness (QED) is 0.0631. The van der Waals surface area contributed by atoms with Crippen LogP contribution >= 0.6 is 0 Å². The highest BCUT2D eigenvalue weighted by Gasteiger charge is 2.41. The average Bonchev–Trinajstić information content (AvgIpc) is 3.95. The number of epoxide rings is 1. The molecule has 1 saturated heterocycles. The predicted octanol–water partition coefficient (Wildman–Crippen LogP) is 9.25. The summed E-state index contributed by atoms with van der Waals surface area (Å²) in [6.07, 6.45) is -0.138. The molecular formula is C44H56O7. The van der Waals surface area contributed by atoms with E-state index in [1.54, 1.807) is 0 Å². The van der Waals surface area contributed by atoms with Gasteiger partial charge in [-0.2, -0.15) is 0 Å². The van der Waals surface area contributed by atoms with Crippen LogP contribution in [0.1, 0.15) is 91.0 Å². The molecule has 4 aromatic rings. The van der Waals surface area contributed by atoms with Crippen molar-refractivity contribution < 1.29 is 33.5 Å². The molecule has 5 rings (SSSR count). The molecule has 0 spiro atoms. The summed E-state index contributed by atoms with van der Waals surface area (Å²) in [4.78, 5) is 0. The molecule has 1 fully saturated rings. The van der Waals surface area contributed by atoms with E-state index >= 15 is 0 Å². The Morgan fingerprint density at radius 1 is 0.608 bits per heavy atom. The van der Waals surface area contributed by atoms with Crippen molar-refractivity contribution in [3.63, 3.8) is 0 Å². The van der Waals surface area contributed by atoms with Gasteiger partial charge in [0.15, 0.2) is 6.79 Å². The molecule has 274 valence electrons. The lowest BCUT2D eigenvalue weighted by Gasteiger charge is -2.30. The summed E-state index contributed by atoms with van der Waals surface area (Å²) in [5, 5.41) is 10.9. The second-order valence-electron chi connectivity index (χ2n) is 15.7. The van der Waals surface area contributed by atoms with Crippen LogP contribution in [0, 0.1) is 0 Å². The zero-order valence-corrected chi connectivity index (χ0v) is 31.8. The first-order valence-corrected chi connectivity index (χ1v) is 18.0. The maximum atomic E-state index is 10.9. The fourth-order valence-electron chi connectivity index (χ4n) is 6.34. The van der Waals surface area contributed by atoms with Crippen molar-refractivity contribution >= 4 is 0 Å². The molecule has 1 aliphatic heterocycles.